The van der Waals surface area contributed by atoms with Gasteiger partial charge in [0.2, 0.25) is 0 Å². The van der Waals surface area contributed by atoms with Gasteiger partial charge < -0.3 is 4.42 Å². The first kappa shape index (κ1) is 29.5. The lowest BCUT2D eigenvalue weighted by Gasteiger charge is -2.11. The van der Waals surface area contributed by atoms with E-state index in [2.05, 4.69) is 115 Å². The Hall–Kier alpha value is -7.17. The molecule has 2 aromatic heterocycles. The second-order valence-corrected chi connectivity index (χ2v) is 13.6. The fourth-order valence-electron chi connectivity index (χ4n) is 7.96. The quantitative estimate of drug-likeness (QED) is 0.174. The largest absolute Gasteiger partial charge is 0.455 e. The third kappa shape index (κ3) is 4.73. The van der Waals surface area contributed by atoms with E-state index in [4.69, 9.17) is 19.4 Å². The second kappa shape index (κ2) is 11.7. The number of para-hydroxylation sites is 1. The highest BCUT2D eigenvalue weighted by Gasteiger charge is 2.20. The van der Waals surface area contributed by atoms with E-state index in [0.29, 0.717) is 17.5 Å². The molecule has 0 N–H and O–H groups in total. The molecule has 11 rings (SSSR count). The lowest BCUT2D eigenvalue weighted by molar-refractivity contribution is 0.674. The Bertz CT molecular complexity index is 3160. The van der Waals surface area contributed by atoms with Gasteiger partial charge in [0.05, 0.1) is 0 Å². The normalized spacial score (nSPS) is 11.8. The molecule has 11 aromatic rings. The van der Waals surface area contributed by atoms with Crippen LogP contribution in [-0.2, 0) is 0 Å². The fourth-order valence-corrected chi connectivity index (χ4v) is 7.96. The van der Waals surface area contributed by atoms with Crippen molar-refractivity contribution in [3.05, 3.63) is 176 Å². The van der Waals surface area contributed by atoms with E-state index in [0.717, 1.165) is 60.5 Å². The first-order valence-electron chi connectivity index (χ1n) is 17.9. The molecule has 4 nitrogen and oxygen atoms in total. The highest BCUT2D eigenvalue weighted by Crippen LogP contribution is 2.43. The number of hydrogen-bond acceptors (Lipinski definition) is 4. The average molecular weight is 676 g/mol. The number of aromatic nitrogens is 3. The maximum atomic E-state index is 6.91. The van der Waals surface area contributed by atoms with Crippen molar-refractivity contribution in [1.29, 1.82) is 0 Å². The van der Waals surface area contributed by atoms with Crippen molar-refractivity contribution < 1.29 is 4.42 Å². The van der Waals surface area contributed by atoms with Crippen molar-refractivity contribution in [1.82, 2.24) is 15.0 Å². The molecule has 9 aromatic carbocycles. The van der Waals surface area contributed by atoms with Crippen molar-refractivity contribution in [2.45, 2.75) is 0 Å². The highest BCUT2D eigenvalue weighted by atomic mass is 16.3. The smallest absolute Gasteiger partial charge is 0.164 e. The third-order valence-corrected chi connectivity index (χ3v) is 10.5. The molecule has 2 heterocycles. The van der Waals surface area contributed by atoms with Crippen LogP contribution >= 0.6 is 0 Å². The molecule has 0 unspecified atom stereocenters. The van der Waals surface area contributed by atoms with Crippen LogP contribution in [0.4, 0.5) is 0 Å². The van der Waals surface area contributed by atoms with Crippen molar-refractivity contribution in [3.8, 4) is 45.3 Å². The Morgan fingerprint density at radius 2 is 0.830 bits per heavy atom. The summed E-state index contributed by atoms with van der Waals surface area (Å²) in [5.74, 6) is 1.89. The Balaban J connectivity index is 1.12. The molecule has 0 fully saturated rings. The van der Waals surface area contributed by atoms with Crippen LogP contribution in [0.25, 0.3) is 110 Å². The fraction of sp³-hybridized carbons (Fsp3) is 0. The lowest BCUT2D eigenvalue weighted by atomic mass is 9.94. The molecular formula is C49H29N3O. The number of furan rings is 1. The highest BCUT2D eigenvalue weighted by molar-refractivity contribution is 6.21. The van der Waals surface area contributed by atoms with Gasteiger partial charge >= 0.3 is 0 Å². The molecule has 0 atom stereocenters. The van der Waals surface area contributed by atoms with Gasteiger partial charge in [-0.2, -0.15) is 0 Å². The summed E-state index contributed by atoms with van der Waals surface area (Å²) >= 11 is 0. The van der Waals surface area contributed by atoms with Crippen LogP contribution in [0.1, 0.15) is 0 Å². The molecule has 53 heavy (non-hydrogen) atoms. The van der Waals surface area contributed by atoms with E-state index in [-0.39, 0.29) is 0 Å². The first-order valence-corrected chi connectivity index (χ1v) is 17.9. The minimum absolute atomic E-state index is 0.621. The molecule has 246 valence electrons. The maximum absolute atomic E-state index is 6.91. The first-order chi connectivity index (χ1) is 26.3. The molecule has 0 radical (unpaired) electrons. The maximum Gasteiger partial charge on any atom is 0.164 e. The Kier molecular flexibility index (Phi) is 6.52. The zero-order chi connectivity index (χ0) is 34.9. The van der Waals surface area contributed by atoms with Gasteiger partial charge in [-0.3, -0.25) is 0 Å². The topological polar surface area (TPSA) is 51.8 Å². The molecule has 0 amide bonds. The summed E-state index contributed by atoms with van der Waals surface area (Å²) < 4.78 is 6.91. The molecule has 0 spiro atoms. The van der Waals surface area contributed by atoms with E-state index >= 15 is 0 Å². The Morgan fingerprint density at radius 1 is 0.283 bits per heavy atom. The monoisotopic (exact) mass is 675 g/mol. The molecule has 0 saturated carbocycles. The number of fused-ring (bicyclic) bond motifs is 10. The van der Waals surface area contributed by atoms with Crippen LogP contribution in [0.5, 0.6) is 0 Å². The summed E-state index contributed by atoms with van der Waals surface area (Å²) in [5, 5.41) is 11.6. The number of rotatable bonds is 4. The SMILES string of the molecule is c1ccc(-c2nc(-c3ccccc3)nc(-c3cc4c5cccc(-c6ccc7c(ccc8c9ccccc9ccc78)c6)c5oc4c4ccccc34)n2)cc1. The van der Waals surface area contributed by atoms with Crippen LogP contribution in [0.15, 0.2) is 180 Å². The van der Waals surface area contributed by atoms with E-state index in [1.807, 2.05) is 60.7 Å². The Morgan fingerprint density at radius 3 is 1.57 bits per heavy atom. The van der Waals surface area contributed by atoms with Crippen LogP contribution in [0, 0.1) is 0 Å². The van der Waals surface area contributed by atoms with Crippen LogP contribution < -0.4 is 0 Å². The number of nitrogens with zero attached hydrogens (tertiary/aromatic N) is 3. The molecule has 0 aliphatic carbocycles. The van der Waals surface area contributed by atoms with E-state index in [9.17, 15) is 0 Å². The van der Waals surface area contributed by atoms with Gasteiger partial charge in [-0.05, 0) is 55.4 Å². The minimum Gasteiger partial charge on any atom is -0.455 e. The standard InChI is InChI=1S/C49H29N3O/c1-3-13-31(14-4-1)47-50-48(32-15-5-2-6-16-32)52-49(51-47)44-29-43-42-21-11-20-37(45(42)53-46(43)41-19-10-9-18-38(41)44)34-23-25-36-33(28-34)24-27-39-35-17-8-7-12-30(35)22-26-40(36)39/h1-29H. The van der Waals surface area contributed by atoms with Crippen molar-refractivity contribution in [3.63, 3.8) is 0 Å². The minimum atomic E-state index is 0.621. The summed E-state index contributed by atoms with van der Waals surface area (Å²) in [5.41, 5.74) is 6.70. The van der Waals surface area contributed by atoms with Crippen LogP contribution in [0.3, 0.4) is 0 Å². The molecular weight excluding hydrogens is 647 g/mol. The zero-order valence-corrected chi connectivity index (χ0v) is 28.5. The van der Waals surface area contributed by atoms with Gasteiger partial charge in [0, 0.05) is 38.4 Å². The molecule has 0 aliphatic rings. The van der Waals surface area contributed by atoms with Crippen molar-refractivity contribution >= 4 is 65.0 Å². The van der Waals surface area contributed by atoms with Gasteiger partial charge in [-0.1, -0.05) is 164 Å². The van der Waals surface area contributed by atoms with E-state index in [1.54, 1.807) is 0 Å². The molecule has 0 bridgehead atoms. The zero-order valence-electron chi connectivity index (χ0n) is 28.5. The summed E-state index contributed by atoms with van der Waals surface area (Å²) in [6.45, 7) is 0. The Labute approximate surface area is 304 Å². The van der Waals surface area contributed by atoms with E-state index in [1.165, 1.54) is 32.3 Å². The average Bonchev–Trinajstić information content (AvgIpc) is 3.62. The molecule has 0 aliphatic heterocycles. The summed E-state index contributed by atoms with van der Waals surface area (Å²) in [4.78, 5) is 15.1. The van der Waals surface area contributed by atoms with Gasteiger partial charge in [-0.15, -0.1) is 0 Å². The number of benzene rings is 9. The summed E-state index contributed by atoms with van der Waals surface area (Å²) in [7, 11) is 0. The van der Waals surface area contributed by atoms with E-state index < -0.39 is 0 Å². The lowest BCUT2D eigenvalue weighted by Crippen LogP contribution is -2.00. The van der Waals surface area contributed by atoms with Gasteiger partial charge in [-0.25, -0.2) is 15.0 Å². The molecule has 4 heteroatoms. The summed E-state index contributed by atoms with van der Waals surface area (Å²) in [6.07, 6.45) is 0. The van der Waals surface area contributed by atoms with Gasteiger partial charge in [0.15, 0.2) is 17.5 Å². The van der Waals surface area contributed by atoms with Crippen LogP contribution in [0.2, 0.25) is 0 Å². The van der Waals surface area contributed by atoms with Crippen molar-refractivity contribution in [2.24, 2.45) is 0 Å². The molecule has 0 saturated heterocycles. The second-order valence-electron chi connectivity index (χ2n) is 13.6. The third-order valence-electron chi connectivity index (χ3n) is 10.5. The van der Waals surface area contributed by atoms with Crippen LogP contribution in [-0.4, -0.2) is 15.0 Å². The predicted molar refractivity (Wildman–Crippen MR) is 219 cm³/mol. The van der Waals surface area contributed by atoms with Gasteiger partial charge in [0.25, 0.3) is 0 Å². The predicted octanol–water partition coefficient (Wildman–Crippen LogP) is 13.1. The van der Waals surface area contributed by atoms with Crippen molar-refractivity contribution in [2.75, 3.05) is 0 Å². The van der Waals surface area contributed by atoms with Gasteiger partial charge in [0.1, 0.15) is 11.2 Å². The summed E-state index contributed by atoms with van der Waals surface area (Å²) in [6, 6.07) is 61.6. The number of hydrogen-bond donors (Lipinski definition) is 0.